The fraction of sp³-hybridized carbons (Fsp3) is 0.211. The van der Waals surface area contributed by atoms with Crippen LogP contribution in [0, 0.1) is 0 Å². The van der Waals surface area contributed by atoms with Gasteiger partial charge in [-0.05, 0) is 30.3 Å². The van der Waals surface area contributed by atoms with Gasteiger partial charge in [-0.3, -0.25) is 14.2 Å². The van der Waals surface area contributed by atoms with Crippen LogP contribution in [0.25, 0.3) is 5.69 Å². The van der Waals surface area contributed by atoms with E-state index < -0.39 is 0 Å². The first kappa shape index (κ1) is 17.6. The van der Waals surface area contributed by atoms with Crippen LogP contribution in [-0.4, -0.2) is 32.6 Å². The highest BCUT2D eigenvalue weighted by Crippen LogP contribution is 2.09. The highest BCUT2D eigenvalue weighted by atomic mass is 16.1. The van der Waals surface area contributed by atoms with Crippen molar-refractivity contribution in [3.63, 3.8) is 0 Å². The Morgan fingerprint density at radius 3 is 2.58 bits per heavy atom. The number of carbonyl (C=O) groups is 1. The number of amides is 1. The Labute approximate surface area is 151 Å². The van der Waals surface area contributed by atoms with Crippen molar-refractivity contribution in [1.29, 1.82) is 0 Å². The summed E-state index contributed by atoms with van der Waals surface area (Å²) in [6.45, 7) is 0.316. The summed E-state index contributed by atoms with van der Waals surface area (Å²) in [6.07, 6.45) is 5.82. The quantitative estimate of drug-likeness (QED) is 0.689. The molecule has 0 spiro atoms. The fourth-order valence-corrected chi connectivity index (χ4v) is 2.69. The first-order chi connectivity index (χ1) is 12.6. The van der Waals surface area contributed by atoms with E-state index in [-0.39, 0.29) is 17.5 Å². The zero-order valence-electron chi connectivity index (χ0n) is 14.5. The molecule has 0 fully saturated rings. The van der Waals surface area contributed by atoms with Crippen LogP contribution in [0.1, 0.15) is 16.2 Å². The van der Waals surface area contributed by atoms with Gasteiger partial charge >= 0.3 is 0 Å². The first-order valence-electron chi connectivity index (χ1n) is 8.33. The number of nitrogens with one attached hydrogen (secondary N) is 1. The number of pyridine rings is 1. The first-order valence-corrected chi connectivity index (χ1v) is 8.33. The third-order valence-corrected chi connectivity index (χ3v) is 4.20. The number of aromatic nitrogens is 3. The molecule has 0 radical (unpaired) electrons. The molecule has 2 heterocycles. The molecule has 1 atom stereocenters. The van der Waals surface area contributed by atoms with E-state index in [0.29, 0.717) is 24.2 Å². The van der Waals surface area contributed by atoms with Crippen molar-refractivity contribution in [2.75, 3.05) is 6.54 Å². The van der Waals surface area contributed by atoms with E-state index in [2.05, 4.69) is 10.3 Å². The molecular weight excluding hydrogens is 330 g/mol. The van der Waals surface area contributed by atoms with Crippen molar-refractivity contribution in [1.82, 2.24) is 19.4 Å². The maximum Gasteiger partial charge on any atom is 0.255 e. The average molecular weight is 351 g/mol. The molecule has 0 bridgehead atoms. The van der Waals surface area contributed by atoms with Crippen LogP contribution in [0.2, 0.25) is 0 Å². The number of aryl methyl sites for hydroxylation is 1. The SMILES string of the molecule is Cn1ccnc1CC(CN)NC(=O)c1ccc(-n2ccccc2=O)cc1. The van der Waals surface area contributed by atoms with Gasteiger partial charge in [0.1, 0.15) is 5.82 Å². The molecule has 2 aromatic heterocycles. The lowest BCUT2D eigenvalue weighted by Gasteiger charge is -2.17. The lowest BCUT2D eigenvalue weighted by atomic mass is 10.1. The Balaban J connectivity index is 1.70. The number of hydrogen-bond acceptors (Lipinski definition) is 4. The smallest absolute Gasteiger partial charge is 0.255 e. The second-order valence-corrected chi connectivity index (χ2v) is 6.02. The predicted octanol–water partition coefficient (Wildman–Crippen LogP) is 0.871. The van der Waals surface area contributed by atoms with Gasteiger partial charge in [0, 0.05) is 62.0 Å². The summed E-state index contributed by atoms with van der Waals surface area (Å²) < 4.78 is 3.42. The molecule has 1 amide bonds. The van der Waals surface area contributed by atoms with E-state index >= 15 is 0 Å². The summed E-state index contributed by atoms with van der Waals surface area (Å²) in [6, 6.07) is 11.6. The molecule has 26 heavy (non-hydrogen) atoms. The standard InChI is InChI=1S/C19H21N5O2/c1-23-11-9-21-17(23)12-15(13-20)22-19(26)14-5-7-16(8-6-14)24-10-3-2-4-18(24)25/h2-11,15H,12-13,20H2,1H3,(H,22,26). The number of nitrogens with two attached hydrogens (primary N) is 1. The van der Waals surface area contributed by atoms with Gasteiger partial charge < -0.3 is 15.6 Å². The van der Waals surface area contributed by atoms with Gasteiger partial charge in [0.2, 0.25) is 0 Å². The summed E-state index contributed by atoms with van der Waals surface area (Å²) in [7, 11) is 1.90. The summed E-state index contributed by atoms with van der Waals surface area (Å²) >= 11 is 0. The Bertz CT molecular complexity index is 943. The van der Waals surface area contributed by atoms with Gasteiger partial charge in [-0.1, -0.05) is 6.07 Å². The van der Waals surface area contributed by atoms with E-state index in [1.165, 1.54) is 10.6 Å². The number of rotatable bonds is 6. The lowest BCUT2D eigenvalue weighted by Crippen LogP contribution is -2.42. The van der Waals surface area contributed by atoms with Crippen molar-refractivity contribution in [2.24, 2.45) is 12.8 Å². The third-order valence-electron chi connectivity index (χ3n) is 4.20. The topological polar surface area (TPSA) is 94.9 Å². The zero-order chi connectivity index (χ0) is 18.5. The second kappa shape index (κ2) is 7.79. The minimum absolute atomic E-state index is 0.122. The number of benzene rings is 1. The lowest BCUT2D eigenvalue weighted by molar-refractivity contribution is 0.0937. The molecule has 134 valence electrons. The van der Waals surface area contributed by atoms with Crippen molar-refractivity contribution >= 4 is 5.91 Å². The summed E-state index contributed by atoms with van der Waals surface area (Å²) in [4.78, 5) is 28.6. The summed E-state index contributed by atoms with van der Waals surface area (Å²) in [5, 5.41) is 2.93. The van der Waals surface area contributed by atoms with Gasteiger partial charge in [-0.25, -0.2) is 4.98 Å². The maximum atomic E-state index is 12.5. The number of hydrogen-bond donors (Lipinski definition) is 2. The molecule has 0 aliphatic heterocycles. The number of imidazole rings is 1. The van der Waals surface area contributed by atoms with Crippen LogP contribution in [0.5, 0.6) is 0 Å². The van der Waals surface area contributed by atoms with Crippen molar-refractivity contribution < 1.29 is 4.79 Å². The van der Waals surface area contributed by atoms with E-state index in [4.69, 9.17) is 5.73 Å². The van der Waals surface area contributed by atoms with E-state index in [0.717, 1.165) is 5.82 Å². The van der Waals surface area contributed by atoms with Crippen molar-refractivity contribution in [2.45, 2.75) is 12.5 Å². The minimum Gasteiger partial charge on any atom is -0.348 e. The van der Waals surface area contributed by atoms with Gasteiger partial charge in [-0.2, -0.15) is 0 Å². The third kappa shape index (κ3) is 3.89. The van der Waals surface area contributed by atoms with E-state index in [1.54, 1.807) is 48.8 Å². The van der Waals surface area contributed by atoms with Crippen LogP contribution in [0.3, 0.4) is 0 Å². The molecule has 1 unspecified atom stereocenters. The van der Waals surface area contributed by atoms with Crippen LogP contribution < -0.4 is 16.6 Å². The maximum absolute atomic E-state index is 12.5. The number of carbonyl (C=O) groups excluding carboxylic acids is 1. The van der Waals surface area contributed by atoms with Gasteiger partial charge in [0.15, 0.2) is 0 Å². The molecule has 7 nitrogen and oxygen atoms in total. The molecular formula is C19H21N5O2. The normalized spacial score (nSPS) is 11.9. The Kier molecular flexibility index (Phi) is 5.28. The van der Waals surface area contributed by atoms with Gasteiger partial charge in [-0.15, -0.1) is 0 Å². The molecule has 3 aromatic rings. The van der Waals surface area contributed by atoms with Crippen molar-refractivity contribution in [3.8, 4) is 5.69 Å². The largest absolute Gasteiger partial charge is 0.348 e. The fourth-order valence-electron chi connectivity index (χ4n) is 2.69. The second-order valence-electron chi connectivity index (χ2n) is 6.02. The molecule has 7 heteroatoms. The highest BCUT2D eigenvalue weighted by Gasteiger charge is 2.15. The summed E-state index contributed by atoms with van der Waals surface area (Å²) in [5.74, 6) is 0.654. The summed E-state index contributed by atoms with van der Waals surface area (Å²) in [5.41, 5.74) is 6.88. The molecule has 3 N–H and O–H groups in total. The zero-order valence-corrected chi connectivity index (χ0v) is 14.5. The van der Waals surface area contributed by atoms with Gasteiger partial charge in [0.05, 0.1) is 0 Å². The van der Waals surface area contributed by atoms with E-state index in [1.807, 2.05) is 17.8 Å². The van der Waals surface area contributed by atoms with Crippen molar-refractivity contribution in [3.05, 3.63) is 82.8 Å². The Morgan fingerprint density at radius 1 is 1.19 bits per heavy atom. The van der Waals surface area contributed by atoms with Crippen LogP contribution >= 0.6 is 0 Å². The molecule has 3 rings (SSSR count). The highest BCUT2D eigenvalue weighted by molar-refractivity contribution is 5.94. The molecule has 0 saturated carbocycles. The van der Waals surface area contributed by atoms with E-state index in [9.17, 15) is 9.59 Å². The molecule has 0 aliphatic rings. The number of nitrogens with zero attached hydrogens (tertiary/aromatic N) is 3. The monoisotopic (exact) mass is 351 g/mol. The minimum atomic E-state index is -0.208. The molecule has 1 aromatic carbocycles. The van der Waals surface area contributed by atoms with Crippen LogP contribution in [0.15, 0.2) is 65.8 Å². The molecule has 0 saturated heterocycles. The van der Waals surface area contributed by atoms with Crippen LogP contribution in [0.4, 0.5) is 0 Å². The van der Waals surface area contributed by atoms with Crippen LogP contribution in [-0.2, 0) is 13.5 Å². The molecule has 0 aliphatic carbocycles. The van der Waals surface area contributed by atoms with Gasteiger partial charge in [0.25, 0.3) is 11.5 Å². The predicted molar refractivity (Wildman–Crippen MR) is 99.3 cm³/mol. The Morgan fingerprint density at radius 2 is 1.96 bits per heavy atom. The Hall–Kier alpha value is -3.19. The average Bonchev–Trinajstić information content (AvgIpc) is 3.06.